The molecule has 0 N–H and O–H groups in total. The van der Waals surface area contributed by atoms with Crippen molar-refractivity contribution in [3.63, 3.8) is 0 Å². The van der Waals surface area contributed by atoms with Gasteiger partial charge < -0.3 is 4.74 Å². The molecule has 1 aromatic rings. The maximum atomic E-state index is 11.5. The summed E-state index contributed by atoms with van der Waals surface area (Å²) in [6.45, 7) is 0. The molecule has 0 saturated carbocycles. The number of rotatable bonds is 4. The molecule has 0 saturated heterocycles. The average Bonchev–Trinajstić information content (AvgIpc) is 2.27. The monoisotopic (exact) mass is 255 g/mol. The van der Waals surface area contributed by atoms with Gasteiger partial charge in [-0.2, -0.15) is 0 Å². The Bertz CT molecular complexity index is 527. The second kappa shape index (κ2) is 5.09. The molecule has 1 rings (SSSR count). The van der Waals surface area contributed by atoms with E-state index in [-0.39, 0.29) is 10.5 Å². The quantitative estimate of drug-likeness (QED) is 0.448. The van der Waals surface area contributed by atoms with Crippen molar-refractivity contribution < 1.29 is 22.7 Å². The molecule has 0 aliphatic carbocycles. The highest BCUT2D eigenvalue weighted by atomic mass is 32.2. The van der Waals surface area contributed by atoms with E-state index >= 15 is 0 Å². The Kier molecular flexibility index (Phi) is 4.01. The number of carbonyl (C=O) groups is 2. The molecule has 1 aromatic carbocycles. The Morgan fingerprint density at radius 2 is 1.71 bits per heavy atom. The van der Waals surface area contributed by atoms with E-state index in [2.05, 4.69) is 4.74 Å². The molecular formula is C11H11O5S. The molecule has 0 fully saturated rings. The molecule has 6 heteroatoms. The lowest BCUT2D eigenvalue weighted by Gasteiger charge is -2.01. The highest BCUT2D eigenvalue weighted by Crippen LogP contribution is 2.11. The second-order valence-electron chi connectivity index (χ2n) is 3.33. The highest BCUT2D eigenvalue weighted by Gasteiger charge is 2.14. The van der Waals surface area contributed by atoms with E-state index in [1.54, 1.807) is 0 Å². The molecule has 5 nitrogen and oxygen atoms in total. The van der Waals surface area contributed by atoms with Crippen molar-refractivity contribution in [3.8, 4) is 0 Å². The number of carbonyl (C=O) groups excluding carboxylic acids is 2. The summed E-state index contributed by atoms with van der Waals surface area (Å²) in [5.74, 6) is -1.28. The summed E-state index contributed by atoms with van der Waals surface area (Å²) in [5.41, 5.74) is 0.225. The predicted octanol–water partition coefficient (Wildman–Crippen LogP) is 0.650. The van der Waals surface area contributed by atoms with Crippen LogP contribution in [0.25, 0.3) is 0 Å². The lowest BCUT2D eigenvalue weighted by atomic mass is 10.1. The number of benzene rings is 1. The number of methoxy groups -OCH3 is 1. The zero-order chi connectivity index (χ0) is 13.1. The molecular weight excluding hydrogens is 244 g/mol. The maximum Gasteiger partial charge on any atom is 0.317 e. The number of ketones is 1. The van der Waals surface area contributed by atoms with Crippen LogP contribution in [-0.4, -0.2) is 33.5 Å². The van der Waals surface area contributed by atoms with Crippen LogP contribution >= 0.6 is 0 Å². The van der Waals surface area contributed by atoms with Gasteiger partial charge in [0, 0.05) is 11.8 Å². The fraction of sp³-hybridized carbons (Fsp3) is 0.182. The molecule has 0 amide bonds. The highest BCUT2D eigenvalue weighted by molar-refractivity contribution is 7.90. The van der Waals surface area contributed by atoms with Crippen LogP contribution in [0, 0.1) is 6.42 Å². The van der Waals surface area contributed by atoms with Crippen LogP contribution < -0.4 is 0 Å². The number of sulfone groups is 1. The standard InChI is InChI=1S/C11H11O5S/c1-16-11(13)7-10(12)8-3-5-9(6-4-8)17(2,14)15/h3-7H,1-2H3. The van der Waals surface area contributed by atoms with Gasteiger partial charge in [0.25, 0.3) is 0 Å². The van der Waals surface area contributed by atoms with Crippen molar-refractivity contribution in [2.75, 3.05) is 13.4 Å². The average molecular weight is 255 g/mol. The fourth-order valence-electron chi connectivity index (χ4n) is 1.12. The topological polar surface area (TPSA) is 77.5 Å². The first-order chi connectivity index (χ1) is 7.84. The third-order valence-corrected chi connectivity index (χ3v) is 3.15. The summed E-state index contributed by atoms with van der Waals surface area (Å²) in [4.78, 5) is 22.4. The minimum Gasteiger partial charge on any atom is -0.468 e. The third-order valence-electron chi connectivity index (χ3n) is 2.02. The molecule has 91 valence electrons. The summed E-state index contributed by atoms with van der Waals surface area (Å²) in [6, 6.07) is 5.32. The van der Waals surface area contributed by atoms with Crippen molar-refractivity contribution in [2.45, 2.75) is 4.90 Å². The van der Waals surface area contributed by atoms with Crippen LogP contribution in [0.5, 0.6) is 0 Å². The van der Waals surface area contributed by atoms with E-state index in [0.29, 0.717) is 0 Å². The van der Waals surface area contributed by atoms with Crippen LogP contribution in [0.15, 0.2) is 29.2 Å². The Hall–Kier alpha value is -1.69. The van der Waals surface area contributed by atoms with E-state index in [1.165, 1.54) is 31.4 Å². The number of hydrogen-bond acceptors (Lipinski definition) is 5. The Morgan fingerprint density at radius 3 is 2.12 bits per heavy atom. The van der Waals surface area contributed by atoms with Crippen LogP contribution in [-0.2, 0) is 19.4 Å². The lowest BCUT2D eigenvalue weighted by molar-refractivity contribution is -0.136. The number of ether oxygens (including phenoxy) is 1. The van der Waals surface area contributed by atoms with Gasteiger partial charge in [-0.15, -0.1) is 0 Å². The first kappa shape index (κ1) is 13.4. The molecule has 0 aliphatic heterocycles. The van der Waals surface area contributed by atoms with E-state index in [1.807, 2.05) is 0 Å². The zero-order valence-electron chi connectivity index (χ0n) is 9.34. The zero-order valence-corrected chi connectivity index (χ0v) is 10.2. The second-order valence-corrected chi connectivity index (χ2v) is 5.34. The number of Topliss-reactive ketones (excluding diaryl/α,β-unsaturated/α-hetero) is 1. The van der Waals surface area contributed by atoms with Crippen LogP contribution in [0.2, 0.25) is 0 Å². The molecule has 0 aliphatic rings. The van der Waals surface area contributed by atoms with Crippen molar-refractivity contribution in [1.29, 1.82) is 0 Å². The summed E-state index contributed by atoms with van der Waals surface area (Å²) in [5, 5.41) is 0. The van der Waals surface area contributed by atoms with Crippen molar-refractivity contribution in [1.82, 2.24) is 0 Å². The molecule has 0 atom stereocenters. The van der Waals surface area contributed by atoms with Gasteiger partial charge in [-0.25, -0.2) is 8.42 Å². The maximum absolute atomic E-state index is 11.5. The Morgan fingerprint density at radius 1 is 1.18 bits per heavy atom. The molecule has 0 unspecified atom stereocenters. The summed E-state index contributed by atoms with van der Waals surface area (Å²) in [7, 11) is -2.12. The minimum atomic E-state index is -3.29. The van der Waals surface area contributed by atoms with Gasteiger partial charge in [-0.05, 0) is 12.1 Å². The summed E-state index contributed by atoms with van der Waals surface area (Å²) >= 11 is 0. The van der Waals surface area contributed by atoms with E-state index in [4.69, 9.17) is 0 Å². The third kappa shape index (κ3) is 3.67. The lowest BCUT2D eigenvalue weighted by Crippen LogP contribution is -2.10. The molecule has 1 radical (unpaired) electrons. The van der Waals surface area contributed by atoms with Gasteiger partial charge in [-0.3, -0.25) is 9.59 Å². The van der Waals surface area contributed by atoms with Crippen LogP contribution in [0.3, 0.4) is 0 Å². The van der Waals surface area contributed by atoms with E-state index in [0.717, 1.165) is 12.7 Å². The van der Waals surface area contributed by atoms with Crippen molar-refractivity contribution in [2.24, 2.45) is 0 Å². The summed E-state index contributed by atoms with van der Waals surface area (Å²) < 4.78 is 26.7. The van der Waals surface area contributed by atoms with Gasteiger partial charge in [0.05, 0.1) is 12.0 Å². The van der Waals surface area contributed by atoms with Gasteiger partial charge in [0.1, 0.15) is 6.42 Å². The first-order valence-electron chi connectivity index (χ1n) is 4.62. The fourth-order valence-corrected chi connectivity index (χ4v) is 1.75. The number of esters is 1. The van der Waals surface area contributed by atoms with E-state index in [9.17, 15) is 18.0 Å². The van der Waals surface area contributed by atoms with Crippen LogP contribution in [0.1, 0.15) is 10.4 Å². The molecule has 17 heavy (non-hydrogen) atoms. The smallest absolute Gasteiger partial charge is 0.317 e. The van der Waals surface area contributed by atoms with E-state index < -0.39 is 21.6 Å². The molecule has 0 spiro atoms. The van der Waals surface area contributed by atoms with Crippen molar-refractivity contribution >= 4 is 21.6 Å². The largest absolute Gasteiger partial charge is 0.468 e. The van der Waals surface area contributed by atoms with Crippen molar-refractivity contribution in [3.05, 3.63) is 36.2 Å². The van der Waals surface area contributed by atoms with Gasteiger partial charge >= 0.3 is 5.97 Å². The molecule has 0 bridgehead atoms. The van der Waals surface area contributed by atoms with Gasteiger partial charge in [0.15, 0.2) is 15.6 Å². The Balaban J connectivity index is 2.88. The Labute approximate surface area is 99.3 Å². The molecule has 0 aromatic heterocycles. The SMILES string of the molecule is COC(=O)[CH]C(=O)c1ccc(S(C)(=O)=O)cc1. The molecule has 0 heterocycles. The van der Waals surface area contributed by atoms with Gasteiger partial charge in [0.2, 0.25) is 0 Å². The summed E-state index contributed by atoms with van der Waals surface area (Å²) in [6.07, 6.45) is 1.87. The first-order valence-corrected chi connectivity index (χ1v) is 6.51. The number of hydrogen-bond donors (Lipinski definition) is 0. The van der Waals surface area contributed by atoms with Crippen LogP contribution in [0.4, 0.5) is 0 Å². The minimum absolute atomic E-state index is 0.118. The normalized spacial score (nSPS) is 10.9. The van der Waals surface area contributed by atoms with Gasteiger partial charge in [-0.1, -0.05) is 12.1 Å². The predicted molar refractivity (Wildman–Crippen MR) is 60.2 cm³/mol.